The second-order valence-corrected chi connectivity index (χ2v) is 9.08. The molecule has 0 fully saturated rings. The molecule has 0 atom stereocenters. The first-order valence-electron chi connectivity index (χ1n) is 11.5. The Labute approximate surface area is 198 Å². The van der Waals surface area contributed by atoms with Gasteiger partial charge in [0.2, 0.25) is 0 Å². The minimum Gasteiger partial charge on any atom is -0.318 e. The highest BCUT2D eigenvalue weighted by Crippen LogP contribution is 2.39. The third-order valence-electron chi connectivity index (χ3n) is 6.91. The molecule has 0 bridgehead atoms. The fourth-order valence-electron chi connectivity index (χ4n) is 5.43. The average Bonchev–Trinajstić information content (AvgIpc) is 3.42. The van der Waals surface area contributed by atoms with Crippen LogP contribution in [0.2, 0.25) is 0 Å². The third kappa shape index (κ3) is 2.80. The Hall–Kier alpha value is -4.36. The van der Waals surface area contributed by atoms with Crippen LogP contribution in [-0.2, 0) is 0 Å². The number of aryl methyl sites for hydroxylation is 4. The molecule has 0 unspecified atom stereocenters. The summed E-state index contributed by atoms with van der Waals surface area (Å²) in [6.07, 6.45) is 1.84. The lowest BCUT2D eigenvalue weighted by Crippen LogP contribution is -2.00. The number of rotatable bonds is 2. The number of benzene rings is 3. The van der Waals surface area contributed by atoms with E-state index in [1.165, 1.54) is 39.0 Å². The van der Waals surface area contributed by atoms with Crippen LogP contribution in [0.5, 0.6) is 0 Å². The predicted molar refractivity (Wildman–Crippen MR) is 139 cm³/mol. The average molecular weight is 441 g/mol. The first-order chi connectivity index (χ1) is 16.5. The van der Waals surface area contributed by atoms with Gasteiger partial charge in [-0.05, 0) is 80.3 Å². The Morgan fingerprint density at radius 3 is 2.21 bits per heavy atom. The Balaban J connectivity index is 1.85. The van der Waals surface area contributed by atoms with Crippen molar-refractivity contribution < 1.29 is 0 Å². The SMILES string of the molecule is Cc1cccc(C)c1-c1cccc2c1c1cc(-n3c(C)ccc3C)ccc1n1cc(C#N)nc21. The molecule has 4 nitrogen and oxygen atoms in total. The topological polar surface area (TPSA) is 46.0 Å². The van der Waals surface area contributed by atoms with E-state index in [2.05, 4.69) is 114 Å². The summed E-state index contributed by atoms with van der Waals surface area (Å²) in [5, 5.41) is 13.0. The second-order valence-electron chi connectivity index (χ2n) is 9.08. The number of pyridine rings is 1. The summed E-state index contributed by atoms with van der Waals surface area (Å²) in [6.45, 7) is 8.61. The van der Waals surface area contributed by atoms with Crippen molar-refractivity contribution in [3.05, 3.63) is 101 Å². The standard InChI is InChI=1S/C30H24N4/c1-18-7-5-8-19(2)28(18)24-9-6-10-25-29(24)26-15-23(34-20(3)11-12-21(34)4)13-14-27(26)33-17-22(16-31)32-30(25)33/h5-15,17H,1-4H3. The van der Waals surface area contributed by atoms with E-state index in [4.69, 9.17) is 0 Å². The molecule has 0 aliphatic heterocycles. The van der Waals surface area contributed by atoms with Crippen molar-refractivity contribution in [3.8, 4) is 22.9 Å². The molecule has 0 N–H and O–H groups in total. The molecule has 0 aliphatic carbocycles. The van der Waals surface area contributed by atoms with Crippen molar-refractivity contribution in [1.82, 2.24) is 14.0 Å². The highest BCUT2D eigenvalue weighted by molar-refractivity contribution is 6.18. The van der Waals surface area contributed by atoms with Gasteiger partial charge in [0.15, 0.2) is 5.69 Å². The first-order valence-corrected chi connectivity index (χ1v) is 11.5. The molecule has 0 amide bonds. The maximum absolute atomic E-state index is 9.59. The van der Waals surface area contributed by atoms with E-state index >= 15 is 0 Å². The van der Waals surface area contributed by atoms with Crippen LogP contribution in [0, 0.1) is 39.0 Å². The Bertz CT molecular complexity index is 1770. The van der Waals surface area contributed by atoms with Crippen molar-refractivity contribution >= 4 is 27.3 Å². The van der Waals surface area contributed by atoms with Gasteiger partial charge in [-0.2, -0.15) is 5.26 Å². The van der Waals surface area contributed by atoms with Crippen molar-refractivity contribution in [2.24, 2.45) is 0 Å². The van der Waals surface area contributed by atoms with Gasteiger partial charge in [-0.3, -0.25) is 4.40 Å². The molecule has 0 saturated heterocycles. The lowest BCUT2D eigenvalue weighted by Gasteiger charge is -2.17. The van der Waals surface area contributed by atoms with E-state index in [9.17, 15) is 5.26 Å². The molecular weight excluding hydrogens is 416 g/mol. The summed E-state index contributed by atoms with van der Waals surface area (Å²) in [4.78, 5) is 4.69. The van der Waals surface area contributed by atoms with Gasteiger partial charge in [0.25, 0.3) is 0 Å². The molecule has 0 saturated carbocycles. The van der Waals surface area contributed by atoms with Crippen LogP contribution >= 0.6 is 0 Å². The van der Waals surface area contributed by atoms with Crippen LogP contribution in [0.3, 0.4) is 0 Å². The minimum atomic E-state index is 0.424. The van der Waals surface area contributed by atoms with Crippen LogP contribution < -0.4 is 0 Å². The summed E-state index contributed by atoms with van der Waals surface area (Å²) < 4.78 is 4.34. The van der Waals surface area contributed by atoms with Gasteiger partial charge >= 0.3 is 0 Å². The zero-order valence-corrected chi connectivity index (χ0v) is 19.7. The number of nitriles is 1. The summed E-state index contributed by atoms with van der Waals surface area (Å²) in [7, 11) is 0. The summed E-state index contributed by atoms with van der Waals surface area (Å²) >= 11 is 0. The molecule has 0 aliphatic rings. The van der Waals surface area contributed by atoms with Gasteiger partial charge in [0, 0.05) is 39.4 Å². The van der Waals surface area contributed by atoms with E-state index < -0.39 is 0 Å². The van der Waals surface area contributed by atoms with Crippen LogP contribution in [-0.4, -0.2) is 14.0 Å². The zero-order valence-electron chi connectivity index (χ0n) is 19.7. The molecule has 3 aromatic carbocycles. The van der Waals surface area contributed by atoms with E-state index in [1.807, 2.05) is 6.20 Å². The van der Waals surface area contributed by atoms with E-state index in [0.29, 0.717) is 5.69 Å². The van der Waals surface area contributed by atoms with Gasteiger partial charge < -0.3 is 4.57 Å². The summed E-state index contributed by atoms with van der Waals surface area (Å²) in [5.74, 6) is 0. The zero-order chi connectivity index (χ0) is 23.6. The first kappa shape index (κ1) is 20.3. The van der Waals surface area contributed by atoms with Gasteiger partial charge in [0.05, 0.1) is 5.52 Å². The van der Waals surface area contributed by atoms with Crippen LogP contribution in [0.25, 0.3) is 44.1 Å². The number of hydrogen-bond donors (Lipinski definition) is 0. The number of aromatic nitrogens is 3. The normalized spacial score (nSPS) is 11.5. The minimum absolute atomic E-state index is 0.424. The number of nitrogens with zero attached hydrogens (tertiary/aromatic N) is 4. The number of imidazole rings is 1. The lowest BCUT2D eigenvalue weighted by molar-refractivity contribution is 0.968. The van der Waals surface area contributed by atoms with Crippen LogP contribution in [0.1, 0.15) is 28.2 Å². The fraction of sp³-hybridized carbons (Fsp3) is 0.133. The van der Waals surface area contributed by atoms with E-state index in [-0.39, 0.29) is 0 Å². The summed E-state index contributed by atoms with van der Waals surface area (Å²) in [6, 6.07) is 26.0. The number of hydrogen-bond acceptors (Lipinski definition) is 2. The van der Waals surface area contributed by atoms with Crippen molar-refractivity contribution in [2.45, 2.75) is 27.7 Å². The van der Waals surface area contributed by atoms with E-state index in [0.717, 1.165) is 27.6 Å². The molecule has 4 heteroatoms. The molecule has 3 aromatic heterocycles. The molecular formula is C30H24N4. The Morgan fingerprint density at radius 2 is 1.50 bits per heavy atom. The van der Waals surface area contributed by atoms with Crippen LogP contribution in [0.15, 0.2) is 72.9 Å². The van der Waals surface area contributed by atoms with Gasteiger partial charge in [-0.15, -0.1) is 0 Å². The highest BCUT2D eigenvalue weighted by Gasteiger charge is 2.18. The molecule has 164 valence electrons. The monoisotopic (exact) mass is 440 g/mol. The smallest absolute Gasteiger partial charge is 0.159 e. The van der Waals surface area contributed by atoms with Crippen molar-refractivity contribution in [1.29, 1.82) is 5.26 Å². The Morgan fingerprint density at radius 1 is 0.794 bits per heavy atom. The number of fused-ring (bicyclic) bond motifs is 6. The lowest BCUT2D eigenvalue weighted by atomic mass is 9.90. The van der Waals surface area contributed by atoms with Crippen molar-refractivity contribution in [2.75, 3.05) is 0 Å². The maximum atomic E-state index is 9.59. The molecule has 34 heavy (non-hydrogen) atoms. The van der Waals surface area contributed by atoms with Gasteiger partial charge in [0.1, 0.15) is 11.7 Å². The van der Waals surface area contributed by atoms with Crippen LogP contribution in [0.4, 0.5) is 0 Å². The quantitative estimate of drug-likeness (QED) is 0.267. The van der Waals surface area contributed by atoms with E-state index in [1.54, 1.807) is 0 Å². The molecule has 3 heterocycles. The van der Waals surface area contributed by atoms with Crippen molar-refractivity contribution in [3.63, 3.8) is 0 Å². The maximum Gasteiger partial charge on any atom is 0.159 e. The third-order valence-corrected chi connectivity index (χ3v) is 6.91. The molecule has 6 rings (SSSR count). The van der Waals surface area contributed by atoms with Gasteiger partial charge in [-0.25, -0.2) is 4.98 Å². The second kappa shape index (κ2) is 7.33. The molecule has 0 spiro atoms. The predicted octanol–water partition coefficient (Wildman–Crippen LogP) is 7.20. The Kier molecular flexibility index (Phi) is 4.37. The summed E-state index contributed by atoms with van der Waals surface area (Å²) in [5.41, 5.74) is 10.7. The highest BCUT2D eigenvalue weighted by atomic mass is 15.0. The largest absolute Gasteiger partial charge is 0.318 e. The molecule has 0 radical (unpaired) electrons. The molecule has 6 aromatic rings. The van der Waals surface area contributed by atoms with Gasteiger partial charge in [-0.1, -0.05) is 36.4 Å². The fourth-order valence-corrected chi connectivity index (χ4v) is 5.43.